The summed E-state index contributed by atoms with van der Waals surface area (Å²) in [5.41, 5.74) is 4.28. The molecule has 0 aliphatic carbocycles. The minimum Gasteiger partial charge on any atom is -0.355 e. The van der Waals surface area contributed by atoms with Gasteiger partial charge in [-0.25, -0.2) is 4.98 Å². The first-order valence-electron chi connectivity index (χ1n) is 11.6. The van der Waals surface area contributed by atoms with Gasteiger partial charge in [-0.3, -0.25) is 9.69 Å². The summed E-state index contributed by atoms with van der Waals surface area (Å²) in [5.74, 6) is 0.990. The molecular weight excluding hydrogens is 396 g/mol. The summed E-state index contributed by atoms with van der Waals surface area (Å²) in [5, 5.41) is 0. The lowest BCUT2D eigenvalue weighted by atomic mass is 10.1. The number of carbonyl (C=O) groups excluding carboxylic acids is 1. The Morgan fingerprint density at radius 1 is 0.938 bits per heavy atom. The lowest BCUT2D eigenvalue weighted by Gasteiger charge is -2.26. The van der Waals surface area contributed by atoms with E-state index < -0.39 is 0 Å². The molecule has 0 spiro atoms. The third-order valence-corrected chi connectivity index (χ3v) is 6.78. The first kappa shape index (κ1) is 20.7. The van der Waals surface area contributed by atoms with E-state index in [-0.39, 0.29) is 5.91 Å². The number of para-hydroxylation sites is 1. The number of fused-ring (bicyclic) bond motifs is 1. The largest absolute Gasteiger partial charge is 0.355 e. The van der Waals surface area contributed by atoms with E-state index >= 15 is 0 Å². The lowest BCUT2D eigenvalue weighted by molar-refractivity contribution is 0.0989. The highest BCUT2D eigenvalue weighted by molar-refractivity contribution is 6.07. The van der Waals surface area contributed by atoms with Gasteiger partial charge in [-0.05, 0) is 49.1 Å². The maximum atomic E-state index is 13.1. The van der Waals surface area contributed by atoms with Gasteiger partial charge in [-0.1, -0.05) is 48.5 Å². The molecule has 164 valence electrons. The fourth-order valence-electron chi connectivity index (χ4n) is 4.79. The molecule has 5 heteroatoms. The second kappa shape index (κ2) is 9.13. The van der Waals surface area contributed by atoms with Gasteiger partial charge in [0, 0.05) is 50.6 Å². The third-order valence-electron chi connectivity index (χ3n) is 6.78. The monoisotopic (exact) mass is 426 g/mol. The summed E-state index contributed by atoms with van der Waals surface area (Å²) in [6.45, 7) is 6.96. The Morgan fingerprint density at radius 2 is 1.75 bits per heavy atom. The first-order chi connectivity index (χ1) is 15.7. The van der Waals surface area contributed by atoms with Crippen molar-refractivity contribution in [1.29, 1.82) is 0 Å². The van der Waals surface area contributed by atoms with E-state index in [1.807, 2.05) is 35.2 Å². The Hall–Kier alpha value is -3.18. The molecule has 0 N–H and O–H groups in total. The Bertz CT molecular complexity index is 1070. The average Bonchev–Trinajstić information content (AvgIpc) is 3.19. The van der Waals surface area contributed by atoms with Gasteiger partial charge in [0.25, 0.3) is 5.91 Å². The number of hydrogen-bond donors (Lipinski definition) is 0. The third kappa shape index (κ3) is 4.26. The zero-order valence-electron chi connectivity index (χ0n) is 18.7. The van der Waals surface area contributed by atoms with Crippen LogP contribution in [0.3, 0.4) is 0 Å². The van der Waals surface area contributed by atoms with Gasteiger partial charge in [0.1, 0.15) is 5.82 Å². The number of benzene rings is 2. The van der Waals surface area contributed by atoms with Crippen LogP contribution in [-0.2, 0) is 13.0 Å². The molecule has 1 saturated heterocycles. The predicted molar refractivity (Wildman–Crippen MR) is 129 cm³/mol. The fraction of sp³-hybridized carbons (Fsp3) is 0.333. The number of carbonyl (C=O) groups is 1. The van der Waals surface area contributed by atoms with E-state index in [2.05, 4.69) is 58.1 Å². The Morgan fingerprint density at radius 3 is 2.56 bits per heavy atom. The number of hydrogen-bond acceptors (Lipinski definition) is 4. The molecule has 5 rings (SSSR count). The number of pyridine rings is 1. The molecule has 3 aromatic rings. The molecule has 2 aliphatic heterocycles. The van der Waals surface area contributed by atoms with Gasteiger partial charge in [0.15, 0.2) is 0 Å². The van der Waals surface area contributed by atoms with E-state index in [9.17, 15) is 4.79 Å². The molecule has 0 saturated carbocycles. The van der Waals surface area contributed by atoms with Gasteiger partial charge in [0.05, 0.1) is 5.56 Å². The standard InChI is InChI=1S/C27H30N4O/c1-21-13-15-29(17-18-30(21)20-22-7-3-2-4-8-22)26-12-11-24(19-28-26)27(32)31-16-14-23-9-5-6-10-25(23)31/h2-12,19,21H,13-18,20H2,1H3. The van der Waals surface area contributed by atoms with Crippen molar-refractivity contribution < 1.29 is 4.79 Å². The zero-order valence-corrected chi connectivity index (χ0v) is 18.7. The topological polar surface area (TPSA) is 39.7 Å². The number of aromatic nitrogens is 1. The van der Waals surface area contributed by atoms with Crippen LogP contribution in [0.25, 0.3) is 0 Å². The molecule has 0 radical (unpaired) electrons. The number of nitrogens with zero attached hydrogens (tertiary/aromatic N) is 4. The quantitative estimate of drug-likeness (QED) is 0.621. The molecule has 1 amide bonds. The number of rotatable bonds is 4. The minimum absolute atomic E-state index is 0.0347. The van der Waals surface area contributed by atoms with Gasteiger partial charge in [-0.2, -0.15) is 0 Å². The van der Waals surface area contributed by atoms with Crippen molar-refractivity contribution in [3.63, 3.8) is 0 Å². The van der Waals surface area contributed by atoms with Crippen LogP contribution in [0.1, 0.15) is 34.8 Å². The van der Waals surface area contributed by atoms with Crippen molar-refractivity contribution in [3.8, 4) is 0 Å². The molecule has 0 bridgehead atoms. The lowest BCUT2D eigenvalue weighted by Crippen LogP contribution is -2.34. The van der Waals surface area contributed by atoms with Crippen molar-refractivity contribution >= 4 is 17.4 Å². The predicted octanol–water partition coefficient (Wildman–Crippen LogP) is 4.39. The molecule has 5 nitrogen and oxygen atoms in total. The van der Waals surface area contributed by atoms with Crippen molar-refractivity contribution in [2.75, 3.05) is 36.0 Å². The normalized spacial score (nSPS) is 19.0. The molecule has 1 atom stereocenters. The van der Waals surface area contributed by atoms with Crippen molar-refractivity contribution in [3.05, 3.63) is 89.6 Å². The maximum absolute atomic E-state index is 13.1. The fourth-order valence-corrected chi connectivity index (χ4v) is 4.79. The van der Waals surface area contributed by atoms with Crippen LogP contribution < -0.4 is 9.80 Å². The van der Waals surface area contributed by atoms with Crippen LogP contribution in [0.15, 0.2) is 72.9 Å². The summed E-state index contributed by atoms with van der Waals surface area (Å²) in [6, 6.07) is 23.3. The van der Waals surface area contributed by atoms with Crippen molar-refractivity contribution in [2.24, 2.45) is 0 Å². The average molecular weight is 427 g/mol. The van der Waals surface area contributed by atoms with E-state index in [0.717, 1.165) is 57.1 Å². The van der Waals surface area contributed by atoms with E-state index in [4.69, 9.17) is 0 Å². The summed E-state index contributed by atoms with van der Waals surface area (Å²) in [4.78, 5) is 24.5. The highest BCUT2D eigenvalue weighted by atomic mass is 16.2. The highest BCUT2D eigenvalue weighted by Crippen LogP contribution is 2.29. The number of anilines is 2. The van der Waals surface area contributed by atoms with Crippen molar-refractivity contribution in [2.45, 2.75) is 32.4 Å². The molecule has 2 aromatic carbocycles. The molecule has 1 unspecified atom stereocenters. The van der Waals surface area contributed by atoms with Crippen LogP contribution in [0.2, 0.25) is 0 Å². The maximum Gasteiger partial charge on any atom is 0.259 e. The summed E-state index contributed by atoms with van der Waals surface area (Å²) < 4.78 is 0. The summed E-state index contributed by atoms with van der Waals surface area (Å²) in [7, 11) is 0. The van der Waals surface area contributed by atoms with Crippen LogP contribution >= 0.6 is 0 Å². The van der Waals surface area contributed by atoms with Gasteiger partial charge >= 0.3 is 0 Å². The van der Waals surface area contributed by atoms with E-state index in [1.165, 1.54) is 11.1 Å². The SMILES string of the molecule is CC1CCN(c2ccc(C(=O)N3CCc4ccccc43)cn2)CCN1Cc1ccccc1. The smallest absolute Gasteiger partial charge is 0.259 e. The van der Waals surface area contributed by atoms with Crippen LogP contribution in [0, 0.1) is 0 Å². The molecular formula is C27H30N4O. The van der Waals surface area contributed by atoms with Gasteiger partial charge in [0.2, 0.25) is 0 Å². The Kier molecular flexibility index (Phi) is 5.91. The first-order valence-corrected chi connectivity index (χ1v) is 11.6. The Balaban J connectivity index is 1.25. The molecule has 3 heterocycles. The molecule has 2 aliphatic rings. The van der Waals surface area contributed by atoms with Crippen LogP contribution in [0.4, 0.5) is 11.5 Å². The second-order valence-electron chi connectivity index (χ2n) is 8.82. The van der Waals surface area contributed by atoms with E-state index in [0.29, 0.717) is 11.6 Å². The second-order valence-corrected chi connectivity index (χ2v) is 8.82. The molecule has 32 heavy (non-hydrogen) atoms. The van der Waals surface area contributed by atoms with E-state index in [1.54, 1.807) is 6.20 Å². The summed E-state index contributed by atoms with van der Waals surface area (Å²) >= 11 is 0. The van der Waals surface area contributed by atoms with Crippen LogP contribution in [-0.4, -0.2) is 48.0 Å². The zero-order chi connectivity index (χ0) is 21.9. The Labute approximate surface area is 190 Å². The van der Waals surface area contributed by atoms with Crippen LogP contribution in [0.5, 0.6) is 0 Å². The molecule has 1 aromatic heterocycles. The summed E-state index contributed by atoms with van der Waals surface area (Å²) in [6.07, 6.45) is 3.76. The highest BCUT2D eigenvalue weighted by Gasteiger charge is 2.26. The number of amides is 1. The van der Waals surface area contributed by atoms with Crippen molar-refractivity contribution in [1.82, 2.24) is 9.88 Å². The van der Waals surface area contributed by atoms with Gasteiger partial charge < -0.3 is 9.80 Å². The van der Waals surface area contributed by atoms with Gasteiger partial charge in [-0.15, -0.1) is 0 Å². The minimum atomic E-state index is 0.0347. The molecule has 1 fully saturated rings.